The summed E-state index contributed by atoms with van der Waals surface area (Å²) in [6.07, 6.45) is 0. The van der Waals surface area contributed by atoms with Crippen LogP contribution in [0.4, 0.5) is 0 Å². The maximum atomic E-state index is 12.8. The van der Waals surface area contributed by atoms with Crippen molar-refractivity contribution in [2.75, 3.05) is 33.9 Å². The lowest BCUT2D eigenvalue weighted by Gasteiger charge is -2.25. The molecule has 5 nitrogen and oxygen atoms in total. The highest BCUT2D eigenvalue weighted by atomic mass is 16.5. The van der Waals surface area contributed by atoms with E-state index in [2.05, 4.69) is 20.8 Å². The molecule has 1 unspecified atom stereocenters. The van der Waals surface area contributed by atoms with Crippen LogP contribution in [0.2, 0.25) is 0 Å². The van der Waals surface area contributed by atoms with Gasteiger partial charge < -0.3 is 14.4 Å². The zero-order valence-corrected chi connectivity index (χ0v) is 15.6. The number of methoxy groups -OCH3 is 2. The van der Waals surface area contributed by atoms with Crippen LogP contribution < -0.4 is 0 Å². The van der Waals surface area contributed by atoms with E-state index >= 15 is 0 Å². The number of benzene rings is 1. The molecule has 0 saturated carbocycles. The van der Waals surface area contributed by atoms with Crippen molar-refractivity contribution in [3.05, 3.63) is 35.4 Å². The largest absolute Gasteiger partial charge is 0.469 e. The minimum absolute atomic E-state index is 0.0384. The first-order chi connectivity index (χ1) is 11.2. The molecular formula is C19H29NO4. The first kappa shape index (κ1) is 20.2. The van der Waals surface area contributed by atoms with Crippen LogP contribution in [-0.4, -0.2) is 50.7 Å². The van der Waals surface area contributed by atoms with E-state index in [9.17, 15) is 9.59 Å². The number of esters is 1. The molecule has 5 heteroatoms. The molecule has 1 atom stereocenters. The molecule has 0 saturated heterocycles. The quantitative estimate of drug-likeness (QED) is 0.719. The van der Waals surface area contributed by atoms with Gasteiger partial charge in [0.2, 0.25) is 0 Å². The summed E-state index contributed by atoms with van der Waals surface area (Å²) in [4.78, 5) is 26.1. The zero-order chi connectivity index (χ0) is 18.3. The number of carbonyl (C=O) groups is 2. The molecule has 0 aliphatic carbocycles. The minimum Gasteiger partial charge on any atom is -0.469 e. The molecule has 1 rings (SSSR count). The van der Waals surface area contributed by atoms with Crippen LogP contribution in [-0.2, 0) is 19.7 Å². The van der Waals surface area contributed by atoms with Gasteiger partial charge in [0.25, 0.3) is 5.91 Å². The first-order valence-corrected chi connectivity index (χ1v) is 8.17. The Morgan fingerprint density at radius 3 is 2.17 bits per heavy atom. The van der Waals surface area contributed by atoms with Crippen LogP contribution in [0.25, 0.3) is 0 Å². The number of ether oxygens (including phenoxy) is 2. The van der Waals surface area contributed by atoms with E-state index in [-0.39, 0.29) is 23.2 Å². The van der Waals surface area contributed by atoms with E-state index < -0.39 is 0 Å². The average Bonchev–Trinajstić information content (AvgIpc) is 2.56. The Kier molecular flexibility index (Phi) is 7.42. The summed E-state index contributed by atoms with van der Waals surface area (Å²) < 4.78 is 9.83. The Bertz CT molecular complexity index is 545. The Balaban J connectivity index is 2.92. The number of rotatable bonds is 7. The number of carbonyl (C=O) groups excluding carboxylic acids is 2. The van der Waals surface area contributed by atoms with E-state index in [0.717, 1.165) is 0 Å². The number of amides is 1. The highest BCUT2D eigenvalue weighted by Crippen LogP contribution is 2.22. The topological polar surface area (TPSA) is 55.8 Å². The summed E-state index contributed by atoms with van der Waals surface area (Å²) in [5, 5.41) is 0. The van der Waals surface area contributed by atoms with Gasteiger partial charge in [-0.2, -0.15) is 0 Å². The summed E-state index contributed by atoms with van der Waals surface area (Å²) in [5.41, 5.74) is 1.82. The fraction of sp³-hybridized carbons (Fsp3) is 0.579. The van der Waals surface area contributed by atoms with Crippen LogP contribution in [0, 0.1) is 5.92 Å². The predicted octanol–water partition coefficient (Wildman–Crippen LogP) is 2.88. The average molecular weight is 335 g/mol. The molecule has 0 spiro atoms. The standard InChI is InChI=1S/C19H29NO4/c1-14(18(22)24-6)13-20(11-12-23-5)17(21)15-7-9-16(10-8-15)19(2,3)4/h7-10,14H,11-13H2,1-6H3. The second-order valence-corrected chi connectivity index (χ2v) is 7.00. The molecule has 0 fully saturated rings. The van der Waals surface area contributed by atoms with Crippen molar-refractivity contribution in [1.82, 2.24) is 4.90 Å². The minimum atomic E-state index is -0.385. The Morgan fingerprint density at radius 1 is 1.12 bits per heavy atom. The van der Waals surface area contributed by atoms with Crippen LogP contribution >= 0.6 is 0 Å². The monoisotopic (exact) mass is 335 g/mol. The van der Waals surface area contributed by atoms with Gasteiger partial charge in [-0.25, -0.2) is 0 Å². The second-order valence-electron chi connectivity index (χ2n) is 7.00. The van der Waals surface area contributed by atoms with Gasteiger partial charge in [0.05, 0.1) is 19.6 Å². The van der Waals surface area contributed by atoms with Crippen molar-refractivity contribution in [2.24, 2.45) is 5.92 Å². The first-order valence-electron chi connectivity index (χ1n) is 8.17. The van der Waals surface area contributed by atoms with Crippen molar-refractivity contribution in [3.63, 3.8) is 0 Å². The van der Waals surface area contributed by atoms with Crippen LogP contribution in [0.1, 0.15) is 43.6 Å². The summed E-state index contributed by atoms with van der Waals surface area (Å²) in [5.74, 6) is -0.818. The molecule has 0 N–H and O–H groups in total. The van der Waals surface area contributed by atoms with Gasteiger partial charge in [-0.15, -0.1) is 0 Å². The predicted molar refractivity (Wildman–Crippen MR) is 94.1 cm³/mol. The summed E-state index contributed by atoms with van der Waals surface area (Å²) in [7, 11) is 2.94. The van der Waals surface area contributed by atoms with Crippen LogP contribution in [0.3, 0.4) is 0 Å². The molecule has 134 valence electrons. The van der Waals surface area contributed by atoms with Crippen molar-refractivity contribution in [3.8, 4) is 0 Å². The lowest BCUT2D eigenvalue weighted by atomic mass is 9.86. The van der Waals surface area contributed by atoms with Crippen molar-refractivity contribution in [1.29, 1.82) is 0 Å². The van der Waals surface area contributed by atoms with Gasteiger partial charge in [-0.1, -0.05) is 39.8 Å². The Morgan fingerprint density at radius 2 is 1.71 bits per heavy atom. The van der Waals surface area contributed by atoms with Gasteiger partial charge in [0.1, 0.15) is 0 Å². The number of hydrogen-bond donors (Lipinski definition) is 0. The molecule has 0 aliphatic heterocycles. The van der Waals surface area contributed by atoms with Gasteiger partial charge in [-0.3, -0.25) is 9.59 Å². The molecule has 1 aromatic rings. The third-order valence-electron chi connectivity index (χ3n) is 3.95. The second kappa shape index (κ2) is 8.83. The fourth-order valence-electron chi connectivity index (χ4n) is 2.38. The maximum Gasteiger partial charge on any atom is 0.310 e. The van der Waals surface area contributed by atoms with Gasteiger partial charge in [-0.05, 0) is 23.1 Å². The highest BCUT2D eigenvalue weighted by molar-refractivity contribution is 5.94. The molecule has 0 aromatic heterocycles. The Labute approximate surface area is 144 Å². The van der Waals surface area contributed by atoms with E-state index in [1.165, 1.54) is 12.7 Å². The van der Waals surface area contributed by atoms with Crippen molar-refractivity contribution < 1.29 is 19.1 Å². The van der Waals surface area contributed by atoms with Crippen molar-refractivity contribution in [2.45, 2.75) is 33.1 Å². The van der Waals surface area contributed by atoms with E-state index in [0.29, 0.717) is 25.3 Å². The van der Waals surface area contributed by atoms with E-state index in [1.54, 1.807) is 18.9 Å². The summed E-state index contributed by atoms with van der Waals surface area (Å²) >= 11 is 0. The zero-order valence-electron chi connectivity index (χ0n) is 15.6. The van der Waals surface area contributed by atoms with Crippen LogP contribution in [0.5, 0.6) is 0 Å². The molecular weight excluding hydrogens is 306 g/mol. The molecule has 0 aliphatic rings. The molecule has 1 aromatic carbocycles. The fourth-order valence-corrected chi connectivity index (χ4v) is 2.38. The lowest BCUT2D eigenvalue weighted by Crippen LogP contribution is -2.39. The number of nitrogens with zero attached hydrogens (tertiary/aromatic N) is 1. The maximum absolute atomic E-state index is 12.8. The van der Waals surface area contributed by atoms with Crippen LogP contribution in [0.15, 0.2) is 24.3 Å². The smallest absolute Gasteiger partial charge is 0.310 e. The Hall–Kier alpha value is -1.88. The number of hydrogen-bond acceptors (Lipinski definition) is 4. The summed E-state index contributed by atoms with van der Waals surface area (Å²) in [6, 6.07) is 7.63. The molecule has 0 heterocycles. The molecule has 24 heavy (non-hydrogen) atoms. The van der Waals surface area contributed by atoms with E-state index in [4.69, 9.17) is 9.47 Å². The van der Waals surface area contributed by atoms with Gasteiger partial charge in [0.15, 0.2) is 0 Å². The molecule has 1 amide bonds. The lowest BCUT2D eigenvalue weighted by molar-refractivity contribution is -0.145. The third kappa shape index (κ3) is 5.64. The third-order valence-corrected chi connectivity index (χ3v) is 3.95. The molecule has 0 radical (unpaired) electrons. The summed E-state index contributed by atoms with van der Waals surface area (Å²) in [6.45, 7) is 9.29. The van der Waals surface area contributed by atoms with Crippen molar-refractivity contribution >= 4 is 11.9 Å². The van der Waals surface area contributed by atoms with Gasteiger partial charge >= 0.3 is 5.97 Å². The SMILES string of the molecule is COCCN(CC(C)C(=O)OC)C(=O)c1ccc(C(C)(C)C)cc1. The molecule has 0 bridgehead atoms. The highest BCUT2D eigenvalue weighted by Gasteiger charge is 2.23. The van der Waals surface area contributed by atoms with E-state index in [1.807, 2.05) is 24.3 Å². The van der Waals surface area contributed by atoms with Gasteiger partial charge in [0, 0.05) is 25.8 Å². The normalized spacial score (nSPS) is 12.6.